The number of H-pyrrole nitrogens is 1. The summed E-state index contributed by atoms with van der Waals surface area (Å²) in [6, 6.07) is 2.40. The van der Waals surface area contributed by atoms with Crippen LogP contribution in [0.5, 0.6) is 0 Å². The van der Waals surface area contributed by atoms with Gasteiger partial charge in [-0.2, -0.15) is 5.10 Å². The summed E-state index contributed by atoms with van der Waals surface area (Å²) in [4.78, 5) is 19.7. The maximum atomic E-state index is 6.64. The third-order valence-electron chi connectivity index (χ3n) is 7.85. The second-order valence-electron chi connectivity index (χ2n) is 10.3. The first-order valence-electron chi connectivity index (χ1n) is 13.6. The van der Waals surface area contributed by atoms with Gasteiger partial charge in [-0.15, -0.1) is 0 Å². The van der Waals surface area contributed by atoms with Crippen LogP contribution >= 0.6 is 11.6 Å². The molecule has 0 spiro atoms. The SMILES string of the molecule is CCCC1CCCC(n2cc(-c3c[nH]c4ncc(-c5cnc(N6CCOCC6)c(Cl)c5)nc34)cn2)CC1. The van der Waals surface area contributed by atoms with Crippen molar-refractivity contribution in [3.8, 4) is 22.4 Å². The van der Waals surface area contributed by atoms with E-state index in [9.17, 15) is 0 Å². The normalized spacial score (nSPS) is 20.9. The molecule has 0 amide bonds. The largest absolute Gasteiger partial charge is 0.378 e. The zero-order valence-electron chi connectivity index (χ0n) is 21.4. The number of anilines is 1. The summed E-state index contributed by atoms with van der Waals surface area (Å²) in [5.41, 5.74) is 5.25. The van der Waals surface area contributed by atoms with E-state index >= 15 is 0 Å². The van der Waals surface area contributed by atoms with E-state index in [0.29, 0.717) is 24.3 Å². The summed E-state index contributed by atoms with van der Waals surface area (Å²) in [6.45, 7) is 5.25. The highest BCUT2D eigenvalue weighted by atomic mass is 35.5. The standard InChI is InChI=1S/C28H34ClN7O/c1-2-4-19-5-3-6-22(8-7-19)36-18-21(15-33-36)23-16-30-27-26(23)34-25(17-31-27)20-13-24(29)28(32-14-20)35-9-11-37-12-10-35/h13-19,22H,2-12H2,1H3,(H,30,31). The van der Waals surface area contributed by atoms with Crippen molar-refractivity contribution in [1.82, 2.24) is 29.7 Å². The fourth-order valence-corrected chi connectivity index (χ4v) is 6.11. The number of nitrogens with zero attached hydrogens (tertiary/aromatic N) is 6. The lowest BCUT2D eigenvalue weighted by molar-refractivity contribution is 0.122. The van der Waals surface area contributed by atoms with Crippen LogP contribution in [-0.4, -0.2) is 56.0 Å². The number of fused-ring (bicyclic) bond motifs is 1. The summed E-state index contributed by atoms with van der Waals surface area (Å²) < 4.78 is 7.62. The predicted octanol–water partition coefficient (Wildman–Crippen LogP) is 6.29. The van der Waals surface area contributed by atoms with Crippen LogP contribution in [0, 0.1) is 5.92 Å². The van der Waals surface area contributed by atoms with Crippen LogP contribution in [0.25, 0.3) is 33.5 Å². The van der Waals surface area contributed by atoms with Crippen LogP contribution in [0.15, 0.2) is 37.1 Å². The van der Waals surface area contributed by atoms with E-state index in [2.05, 4.69) is 37.7 Å². The molecule has 1 saturated heterocycles. The Balaban J connectivity index is 1.25. The second kappa shape index (κ2) is 10.8. The van der Waals surface area contributed by atoms with Crippen molar-refractivity contribution in [2.45, 2.75) is 57.9 Å². The molecular formula is C28H34ClN7O. The Kier molecular flexibility index (Phi) is 7.11. The quantitative estimate of drug-likeness (QED) is 0.301. The molecule has 1 saturated carbocycles. The summed E-state index contributed by atoms with van der Waals surface area (Å²) in [7, 11) is 0. The Labute approximate surface area is 222 Å². The molecule has 6 rings (SSSR count). The Hall–Kier alpha value is -2.97. The van der Waals surface area contributed by atoms with Gasteiger partial charge in [0.1, 0.15) is 11.3 Å². The average Bonchev–Trinajstić information content (AvgIpc) is 3.51. The number of rotatable bonds is 6. The van der Waals surface area contributed by atoms with E-state index in [1.165, 1.54) is 44.9 Å². The third kappa shape index (κ3) is 5.09. The van der Waals surface area contributed by atoms with Gasteiger partial charge in [-0.3, -0.25) is 4.68 Å². The average molecular weight is 520 g/mol. The molecule has 4 aromatic rings. The summed E-state index contributed by atoms with van der Waals surface area (Å²) in [5.74, 6) is 1.66. The van der Waals surface area contributed by atoms with Crippen LogP contribution in [-0.2, 0) is 4.74 Å². The van der Waals surface area contributed by atoms with E-state index in [1.807, 2.05) is 24.7 Å². The van der Waals surface area contributed by atoms with Gasteiger partial charge in [0, 0.05) is 48.4 Å². The van der Waals surface area contributed by atoms with Gasteiger partial charge in [0.2, 0.25) is 0 Å². The van der Waals surface area contributed by atoms with Gasteiger partial charge in [0.25, 0.3) is 0 Å². The first-order valence-corrected chi connectivity index (χ1v) is 13.9. The molecule has 2 fully saturated rings. The van der Waals surface area contributed by atoms with E-state index < -0.39 is 0 Å². The number of hydrogen-bond acceptors (Lipinski definition) is 6. The summed E-state index contributed by atoms with van der Waals surface area (Å²) >= 11 is 6.64. The zero-order chi connectivity index (χ0) is 25.2. The fraction of sp³-hybridized carbons (Fsp3) is 0.500. The van der Waals surface area contributed by atoms with Crippen molar-refractivity contribution in [2.24, 2.45) is 5.92 Å². The Morgan fingerprint density at radius 1 is 1.05 bits per heavy atom. The minimum absolute atomic E-state index is 0.473. The highest BCUT2D eigenvalue weighted by Gasteiger charge is 2.22. The molecule has 1 N–H and O–H groups in total. The number of pyridine rings is 1. The molecule has 194 valence electrons. The lowest BCUT2D eigenvalue weighted by Crippen LogP contribution is -2.36. The second-order valence-corrected chi connectivity index (χ2v) is 10.7. The van der Waals surface area contributed by atoms with Gasteiger partial charge < -0.3 is 14.6 Å². The smallest absolute Gasteiger partial charge is 0.156 e. The minimum Gasteiger partial charge on any atom is -0.378 e. The number of halogens is 1. The molecular weight excluding hydrogens is 486 g/mol. The first kappa shape index (κ1) is 24.4. The number of ether oxygens (including phenoxy) is 1. The molecule has 0 radical (unpaired) electrons. The minimum atomic E-state index is 0.473. The molecule has 1 aliphatic heterocycles. The first-order chi connectivity index (χ1) is 18.2. The molecule has 2 unspecified atom stereocenters. The Morgan fingerprint density at radius 3 is 2.78 bits per heavy atom. The van der Waals surface area contributed by atoms with Gasteiger partial charge in [-0.1, -0.05) is 44.2 Å². The van der Waals surface area contributed by atoms with Crippen LogP contribution in [0.1, 0.15) is 57.9 Å². The monoisotopic (exact) mass is 519 g/mol. The molecule has 8 nitrogen and oxygen atoms in total. The maximum absolute atomic E-state index is 6.64. The Morgan fingerprint density at radius 2 is 1.95 bits per heavy atom. The van der Waals surface area contributed by atoms with Crippen molar-refractivity contribution in [2.75, 3.05) is 31.2 Å². The Bertz CT molecular complexity index is 1360. The summed E-state index contributed by atoms with van der Waals surface area (Å²) in [6.07, 6.45) is 18.7. The number of nitrogens with one attached hydrogen (secondary N) is 1. The fourth-order valence-electron chi connectivity index (χ4n) is 5.83. The lowest BCUT2D eigenvalue weighted by Gasteiger charge is -2.28. The molecule has 37 heavy (non-hydrogen) atoms. The molecule has 9 heteroatoms. The van der Waals surface area contributed by atoms with E-state index in [4.69, 9.17) is 26.4 Å². The van der Waals surface area contributed by atoms with Gasteiger partial charge >= 0.3 is 0 Å². The van der Waals surface area contributed by atoms with Crippen molar-refractivity contribution < 1.29 is 4.74 Å². The molecule has 0 aromatic carbocycles. The van der Waals surface area contributed by atoms with Gasteiger partial charge in [0.15, 0.2) is 5.65 Å². The van der Waals surface area contributed by atoms with Crippen molar-refractivity contribution >= 4 is 28.6 Å². The predicted molar refractivity (Wildman–Crippen MR) is 147 cm³/mol. The van der Waals surface area contributed by atoms with E-state index in [1.54, 1.807) is 6.20 Å². The van der Waals surface area contributed by atoms with E-state index in [0.717, 1.165) is 58.4 Å². The van der Waals surface area contributed by atoms with Crippen LogP contribution in [0.3, 0.4) is 0 Å². The number of aromatic amines is 1. The third-order valence-corrected chi connectivity index (χ3v) is 8.13. The van der Waals surface area contributed by atoms with Crippen molar-refractivity contribution in [3.05, 3.63) is 42.1 Å². The van der Waals surface area contributed by atoms with Crippen LogP contribution in [0.4, 0.5) is 5.82 Å². The number of aromatic nitrogens is 6. The zero-order valence-corrected chi connectivity index (χ0v) is 22.1. The molecule has 1 aliphatic carbocycles. The summed E-state index contributed by atoms with van der Waals surface area (Å²) in [5, 5.41) is 5.39. The highest BCUT2D eigenvalue weighted by molar-refractivity contribution is 6.33. The number of morpholine rings is 1. The van der Waals surface area contributed by atoms with Crippen molar-refractivity contribution in [1.29, 1.82) is 0 Å². The lowest BCUT2D eigenvalue weighted by atomic mass is 9.95. The topological polar surface area (TPSA) is 84.8 Å². The van der Waals surface area contributed by atoms with Gasteiger partial charge in [0.05, 0.1) is 42.4 Å². The van der Waals surface area contributed by atoms with Crippen molar-refractivity contribution in [3.63, 3.8) is 0 Å². The molecule has 0 bridgehead atoms. The van der Waals surface area contributed by atoms with Gasteiger partial charge in [-0.05, 0) is 31.2 Å². The maximum Gasteiger partial charge on any atom is 0.156 e. The number of hydrogen-bond donors (Lipinski definition) is 1. The molecule has 2 atom stereocenters. The molecule has 2 aliphatic rings. The van der Waals surface area contributed by atoms with E-state index in [-0.39, 0.29) is 0 Å². The van der Waals surface area contributed by atoms with Gasteiger partial charge in [-0.25, -0.2) is 15.0 Å². The molecule has 4 aromatic heterocycles. The van der Waals surface area contributed by atoms with Crippen LogP contribution in [0.2, 0.25) is 5.02 Å². The molecule has 5 heterocycles. The highest BCUT2D eigenvalue weighted by Crippen LogP contribution is 2.35. The van der Waals surface area contributed by atoms with Crippen LogP contribution < -0.4 is 4.90 Å².